The van der Waals surface area contributed by atoms with Gasteiger partial charge in [0.25, 0.3) is 0 Å². The van der Waals surface area contributed by atoms with Gasteiger partial charge in [0.2, 0.25) is 5.78 Å². The Morgan fingerprint density at radius 1 is 1.47 bits per heavy atom. The second-order valence-corrected chi connectivity index (χ2v) is 5.16. The first kappa shape index (κ1) is 13.8. The molecule has 0 saturated carbocycles. The van der Waals surface area contributed by atoms with Crippen LogP contribution < -0.4 is 4.74 Å². The maximum Gasteiger partial charge on any atom is 0.225 e. The highest BCUT2D eigenvalue weighted by atomic mass is 32.1. The minimum Gasteiger partial charge on any atom is -0.493 e. The van der Waals surface area contributed by atoms with Crippen LogP contribution in [0.5, 0.6) is 5.75 Å². The van der Waals surface area contributed by atoms with Crippen molar-refractivity contribution in [3.05, 3.63) is 33.8 Å². The lowest BCUT2D eigenvalue weighted by Gasteiger charge is -2.07. The fourth-order valence-corrected chi connectivity index (χ4v) is 2.98. The van der Waals surface area contributed by atoms with Gasteiger partial charge < -0.3 is 4.74 Å². The molecule has 0 spiro atoms. The van der Waals surface area contributed by atoms with Crippen molar-refractivity contribution in [3.8, 4) is 5.75 Å². The molecule has 0 atom stereocenters. The first-order chi connectivity index (χ1) is 9.22. The quantitative estimate of drug-likeness (QED) is 0.762. The minimum atomic E-state index is 0.00894. The molecule has 102 valence electrons. The third-order valence-corrected chi connectivity index (χ3v) is 3.97. The van der Waals surface area contributed by atoms with Crippen LogP contribution in [0, 0.1) is 0 Å². The summed E-state index contributed by atoms with van der Waals surface area (Å²) in [5.74, 6) is 0.559. The lowest BCUT2D eigenvalue weighted by atomic mass is 10.1. The van der Waals surface area contributed by atoms with E-state index in [1.807, 2.05) is 11.4 Å². The van der Waals surface area contributed by atoms with Crippen LogP contribution in [0.25, 0.3) is 0 Å². The molecule has 0 aliphatic heterocycles. The molecular weight excluding hydrogens is 260 g/mol. The number of aromatic nitrogens is 2. The molecule has 0 saturated heterocycles. The van der Waals surface area contributed by atoms with Crippen molar-refractivity contribution in [1.29, 1.82) is 0 Å². The summed E-state index contributed by atoms with van der Waals surface area (Å²) in [5, 5.41) is 6.20. The van der Waals surface area contributed by atoms with Gasteiger partial charge in [-0.3, -0.25) is 9.48 Å². The number of ether oxygens (including phenoxy) is 1. The van der Waals surface area contributed by atoms with Crippen LogP contribution in [0.2, 0.25) is 0 Å². The molecule has 19 heavy (non-hydrogen) atoms. The number of aryl methyl sites for hydroxylation is 2. The number of nitrogens with zero attached hydrogens (tertiary/aromatic N) is 2. The van der Waals surface area contributed by atoms with E-state index >= 15 is 0 Å². The Morgan fingerprint density at radius 2 is 2.26 bits per heavy atom. The van der Waals surface area contributed by atoms with Gasteiger partial charge in [0.15, 0.2) is 11.4 Å². The standard InChI is InChI=1S/C14H18N2O2S/c1-4-7-16-12(11(18-3)9-15-16)13(17)14-10(5-2)6-8-19-14/h6,8-9H,4-5,7H2,1-3H3. The molecule has 0 aliphatic rings. The van der Waals surface area contributed by atoms with Crippen LogP contribution in [0.15, 0.2) is 17.6 Å². The Balaban J connectivity index is 2.45. The zero-order chi connectivity index (χ0) is 13.8. The highest BCUT2D eigenvalue weighted by Crippen LogP contribution is 2.26. The number of carbonyl (C=O) groups is 1. The minimum absolute atomic E-state index is 0.00894. The van der Waals surface area contributed by atoms with Gasteiger partial charge in [-0.1, -0.05) is 13.8 Å². The highest BCUT2D eigenvalue weighted by Gasteiger charge is 2.23. The Morgan fingerprint density at radius 3 is 2.89 bits per heavy atom. The Bertz CT molecular complexity index is 572. The lowest BCUT2D eigenvalue weighted by Crippen LogP contribution is -2.12. The monoisotopic (exact) mass is 278 g/mol. The summed E-state index contributed by atoms with van der Waals surface area (Å²) in [6, 6.07) is 2.00. The van der Waals surface area contributed by atoms with Crippen molar-refractivity contribution in [2.24, 2.45) is 0 Å². The largest absolute Gasteiger partial charge is 0.493 e. The molecule has 2 rings (SSSR count). The van der Waals surface area contributed by atoms with Gasteiger partial charge >= 0.3 is 0 Å². The van der Waals surface area contributed by atoms with Gasteiger partial charge in [-0.25, -0.2) is 0 Å². The predicted molar refractivity (Wildman–Crippen MR) is 76.2 cm³/mol. The number of rotatable bonds is 6. The predicted octanol–water partition coefficient (Wildman–Crippen LogP) is 3.16. The number of methoxy groups -OCH3 is 1. The van der Waals surface area contributed by atoms with Crippen molar-refractivity contribution in [2.45, 2.75) is 33.2 Å². The van der Waals surface area contributed by atoms with E-state index in [0.29, 0.717) is 11.4 Å². The molecule has 0 unspecified atom stereocenters. The first-order valence-corrected chi connectivity index (χ1v) is 7.31. The maximum absolute atomic E-state index is 12.7. The molecule has 5 heteroatoms. The van der Waals surface area contributed by atoms with Crippen LogP contribution in [0.4, 0.5) is 0 Å². The third-order valence-electron chi connectivity index (χ3n) is 3.01. The fraction of sp³-hybridized carbons (Fsp3) is 0.429. The smallest absolute Gasteiger partial charge is 0.225 e. The Kier molecular flexibility index (Phi) is 4.37. The van der Waals surface area contributed by atoms with E-state index in [0.717, 1.165) is 29.8 Å². The number of thiophene rings is 1. The van der Waals surface area contributed by atoms with Crippen molar-refractivity contribution in [1.82, 2.24) is 9.78 Å². The van der Waals surface area contributed by atoms with E-state index in [4.69, 9.17) is 4.74 Å². The van der Waals surface area contributed by atoms with E-state index in [-0.39, 0.29) is 5.78 Å². The molecular formula is C14H18N2O2S. The molecule has 2 aromatic heterocycles. The van der Waals surface area contributed by atoms with Crippen molar-refractivity contribution in [3.63, 3.8) is 0 Å². The molecule has 0 N–H and O–H groups in total. The number of carbonyl (C=O) groups excluding carboxylic acids is 1. The highest BCUT2D eigenvalue weighted by molar-refractivity contribution is 7.12. The molecule has 0 fully saturated rings. The summed E-state index contributed by atoms with van der Waals surface area (Å²) < 4.78 is 7.00. The first-order valence-electron chi connectivity index (χ1n) is 6.43. The fourth-order valence-electron chi connectivity index (χ4n) is 2.05. The Labute approximate surface area is 117 Å². The van der Waals surface area contributed by atoms with E-state index in [1.54, 1.807) is 18.0 Å². The van der Waals surface area contributed by atoms with Crippen molar-refractivity contribution in [2.75, 3.05) is 7.11 Å². The van der Waals surface area contributed by atoms with Crippen LogP contribution in [-0.2, 0) is 13.0 Å². The summed E-state index contributed by atoms with van der Waals surface area (Å²) in [5.41, 5.74) is 1.64. The van der Waals surface area contributed by atoms with Crippen molar-refractivity contribution < 1.29 is 9.53 Å². The van der Waals surface area contributed by atoms with E-state index < -0.39 is 0 Å². The number of ketones is 1. The third kappa shape index (κ3) is 2.56. The molecule has 2 aromatic rings. The van der Waals surface area contributed by atoms with Crippen molar-refractivity contribution >= 4 is 17.1 Å². The summed E-state index contributed by atoms with van der Waals surface area (Å²) >= 11 is 1.48. The zero-order valence-corrected chi connectivity index (χ0v) is 12.3. The van der Waals surface area contributed by atoms with Gasteiger partial charge in [-0.05, 0) is 29.9 Å². The summed E-state index contributed by atoms with van der Waals surface area (Å²) in [6.07, 6.45) is 3.40. The van der Waals surface area contributed by atoms with Gasteiger partial charge in [0.1, 0.15) is 0 Å². The Hall–Kier alpha value is -1.62. The summed E-state index contributed by atoms with van der Waals surface area (Å²) in [6.45, 7) is 4.84. The topological polar surface area (TPSA) is 44.1 Å². The maximum atomic E-state index is 12.7. The normalized spacial score (nSPS) is 10.7. The van der Waals surface area contributed by atoms with E-state index in [9.17, 15) is 4.79 Å². The molecule has 0 bridgehead atoms. The SMILES string of the molecule is CCCn1ncc(OC)c1C(=O)c1sccc1CC. The van der Waals surface area contributed by atoms with Gasteiger partial charge in [0, 0.05) is 6.54 Å². The average molecular weight is 278 g/mol. The summed E-state index contributed by atoms with van der Waals surface area (Å²) in [4.78, 5) is 13.5. The zero-order valence-electron chi connectivity index (χ0n) is 11.5. The second kappa shape index (κ2) is 6.02. The van der Waals surface area contributed by atoms with E-state index in [2.05, 4.69) is 18.9 Å². The van der Waals surface area contributed by atoms with Gasteiger partial charge in [-0.2, -0.15) is 5.10 Å². The van der Waals surface area contributed by atoms with Crippen LogP contribution in [0.1, 0.15) is 41.2 Å². The molecule has 2 heterocycles. The van der Waals surface area contributed by atoms with Crippen LogP contribution >= 0.6 is 11.3 Å². The van der Waals surface area contributed by atoms with Gasteiger partial charge in [0.05, 0.1) is 18.2 Å². The molecule has 4 nitrogen and oxygen atoms in total. The molecule has 0 aliphatic carbocycles. The summed E-state index contributed by atoms with van der Waals surface area (Å²) in [7, 11) is 1.57. The number of hydrogen-bond acceptors (Lipinski definition) is 4. The van der Waals surface area contributed by atoms with E-state index in [1.165, 1.54) is 11.3 Å². The average Bonchev–Trinajstić information content (AvgIpc) is 3.04. The second-order valence-electron chi connectivity index (χ2n) is 4.24. The van der Waals surface area contributed by atoms with Crippen LogP contribution in [-0.4, -0.2) is 22.7 Å². The number of hydrogen-bond donors (Lipinski definition) is 0. The molecule has 0 radical (unpaired) electrons. The van der Waals surface area contributed by atoms with Crippen LogP contribution in [0.3, 0.4) is 0 Å². The molecule has 0 aromatic carbocycles. The van der Waals surface area contributed by atoms with Gasteiger partial charge in [-0.15, -0.1) is 11.3 Å². The lowest BCUT2D eigenvalue weighted by molar-refractivity contribution is 0.102. The molecule has 0 amide bonds.